The summed E-state index contributed by atoms with van der Waals surface area (Å²) in [5.74, 6) is -6.88. The quantitative estimate of drug-likeness (QED) is 0.0852. The summed E-state index contributed by atoms with van der Waals surface area (Å²) in [5, 5.41) is 41.8. The van der Waals surface area contributed by atoms with Gasteiger partial charge >= 0.3 is 18.1 Å². The lowest BCUT2D eigenvalue weighted by atomic mass is 9.69. The van der Waals surface area contributed by atoms with Gasteiger partial charge in [0, 0.05) is 110 Å². The van der Waals surface area contributed by atoms with E-state index in [-0.39, 0.29) is 111 Å². The van der Waals surface area contributed by atoms with Gasteiger partial charge in [0.2, 0.25) is 17.7 Å². The Kier molecular flexibility index (Phi) is 23.8. The van der Waals surface area contributed by atoms with Crippen LogP contribution in [0.25, 0.3) is 50.7 Å². The maximum absolute atomic E-state index is 13.7. The predicted octanol–water partition coefficient (Wildman–Crippen LogP) is 14.1. The molecular weight excluding hydrogens is 1620 g/mol. The van der Waals surface area contributed by atoms with Crippen molar-refractivity contribution in [3.05, 3.63) is 158 Å². The molecule has 3 aliphatic heterocycles. The molecule has 0 atom stereocenters. The number of halogens is 9. The highest BCUT2D eigenvalue weighted by Gasteiger charge is 2.63. The molecule has 3 N–H and O–H groups in total. The van der Waals surface area contributed by atoms with Crippen molar-refractivity contribution in [2.45, 2.75) is 168 Å². The topological polar surface area (TPSA) is 307 Å². The van der Waals surface area contributed by atoms with Gasteiger partial charge in [-0.15, -0.1) is 0 Å². The third kappa shape index (κ3) is 17.3. The predicted molar refractivity (Wildman–Crippen MR) is 429 cm³/mol. The Bertz CT molecular complexity index is 5330. The molecule has 0 radical (unpaired) electrons. The van der Waals surface area contributed by atoms with Crippen molar-refractivity contribution in [3.8, 4) is 33.8 Å². The van der Waals surface area contributed by atoms with Gasteiger partial charge in [0.25, 0.3) is 17.7 Å². The third-order valence-electron chi connectivity index (χ3n) is 23.6. The number of imidazole rings is 3. The highest BCUT2D eigenvalue weighted by Crippen LogP contribution is 2.50. The molecule has 3 aliphatic carbocycles. The van der Waals surface area contributed by atoms with Crippen LogP contribution in [-0.2, 0) is 24.0 Å². The minimum absolute atomic E-state index is 0.000795. The minimum Gasteiger partial charge on any atom is -0.481 e. The lowest BCUT2D eigenvalue weighted by molar-refractivity contribution is -0.297. The first-order chi connectivity index (χ1) is 55.7. The van der Waals surface area contributed by atoms with E-state index in [1.165, 1.54) is 52.0 Å². The van der Waals surface area contributed by atoms with Crippen molar-refractivity contribution in [2.24, 2.45) is 29.6 Å². The molecule has 0 spiro atoms. The lowest BCUT2D eigenvalue weighted by Gasteiger charge is -2.50. The first kappa shape index (κ1) is 86.5. The summed E-state index contributed by atoms with van der Waals surface area (Å²) >= 11 is 18.0. The number of carboxylic acids is 2. The van der Waals surface area contributed by atoms with Crippen molar-refractivity contribution in [1.29, 1.82) is 0 Å². The fraction of sp³-hybridized carbons (Fsp3) is 0.476. The van der Waals surface area contributed by atoms with Crippen molar-refractivity contribution in [3.63, 3.8) is 0 Å². The van der Waals surface area contributed by atoms with Crippen LogP contribution < -0.4 is 0 Å². The molecule has 3 saturated carbocycles. The maximum Gasteiger partial charge on any atom is 0.417 e. The fourth-order valence-corrected chi connectivity index (χ4v) is 17.1. The van der Waals surface area contributed by atoms with Crippen LogP contribution in [0.2, 0.25) is 15.1 Å². The second-order valence-corrected chi connectivity index (χ2v) is 35.8. The summed E-state index contributed by atoms with van der Waals surface area (Å²) in [6.45, 7) is 25.8. The monoisotopic (exact) mass is 1710 g/mol. The summed E-state index contributed by atoms with van der Waals surface area (Å²) in [6, 6.07) is 18.8. The van der Waals surface area contributed by atoms with E-state index < -0.39 is 94.3 Å². The molecule has 6 amide bonds. The van der Waals surface area contributed by atoms with Crippen molar-refractivity contribution in [1.82, 2.24) is 73.2 Å². The average molecular weight is 1710 g/mol. The summed E-state index contributed by atoms with van der Waals surface area (Å²) in [6.07, 6.45) is 0.105. The molecule has 15 rings (SSSR count). The number of carbonyl (C=O) groups is 8. The van der Waals surface area contributed by atoms with Gasteiger partial charge in [-0.2, -0.15) is 28.5 Å². The summed E-state index contributed by atoms with van der Waals surface area (Å²) in [5.41, 5.74) is 3.48. The molecule has 6 aliphatic rings. The van der Waals surface area contributed by atoms with Gasteiger partial charge in [-0.1, -0.05) is 76.3 Å². The van der Waals surface area contributed by atoms with Crippen molar-refractivity contribution < 1.29 is 80.0 Å². The number of carboxylic acid groups (broad SMARTS) is 2. The molecule has 26 nitrogen and oxygen atoms in total. The molecule has 9 aromatic rings. The smallest absolute Gasteiger partial charge is 0.417 e. The first-order valence-electron chi connectivity index (χ1n) is 39.4. The van der Waals surface area contributed by atoms with E-state index in [9.17, 15) is 69.8 Å². The number of alkyl halides is 3. The number of aromatic nitrogens is 9. The SMILES string of the molecule is CC(C)c1cc(-c2ccc(F)c(Cl)c2)nn2cc(C(=O)N3CCN(C(=O)C4CC(C(=O)O)C4)CC3(C)C)nc12.CC(C)c1cc(-c2ccc(F)c(Cl)c2)nn2cc(C(=O)N3CCN(C(=O)C4CC(C(=O)O)C4)CC3(C)C)nc12.CC(C)c1cc(-c2ccc(F)c(Cl)c2)nn2cc(C(=O)N3CCN(C(=O)C4CC(O)(C(F)(F)F)C4)CC3(C)C)nc12. The van der Waals surface area contributed by atoms with E-state index in [0.717, 1.165) is 16.7 Å². The molecule has 632 valence electrons. The normalized spacial score (nSPS) is 21.5. The second kappa shape index (κ2) is 32.7. The number of aliphatic carboxylic acids is 2. The Morgan fingerprint density at radius 3 is 0.924 bits per heavy atom. The van der Waals surface area contributed by atoms with Crippen LogP contribution in [0.5, 0.6) is 0 Å². The molecule has 0 unspecified atom stereocenters. The van der Waals surface area contributed by atoms with E-state index in [1.807, 2.05) is 87.4 Å². The van der Waals surface area contributed by atoms with E-state index >= 15 is 0 Å². The van der Waals surface area contributed by atoms with Crippen LogP contribution in [0, 0.1) is 47.0 Å². The molecule has 0 bridgehead atoms. The van der Waals surface area contributed by atoms with Gasteiger partial charge in [-0.3, -0.25) is 38.4 Å². The first-order valence-corrected chi connectivity index (χ1v) is 40.5. The minimum atomic E-state index is -4.78. The highest BCUT2D eigenvalue weighted by molar-refractivity contribution is 6.31. The van der Waals surface area contributed by atoms with E-state index in [2.05, 4.69) is 30.2 Å². The van der Waals surface area contributed by atoms with Gasteiger partial charge in [0.1, 0.15) is 34.5 Å². The summed E-state index contributed by atoms with van der Waals surface area (Å²) < 4.78 is 84.9. The molecule has 3 saturated heterocycles. The van der Waals surface area contributed by atoms with Crippen LogP contribution in [0.1, 0.15) is 188 Å². The van der Waals surface area contributed by atoms with Crippen molar-refractivity contribution in [2.75, 3.05) is 58.9 Å². The number of piperazine rings is 3. The van der Waals surface area contributed by atoms with E-state index in [4.69, 9.17) is 45.0 Å². The standard InChI is InChI=1S/C28H30ClF4N5O3.2C28H31ClFN5O4/c1-15(2)18-10-21(16-5-6-20(30)19(29)9-16)35-38-13-22(34-23(18)38)25(40)37-8-7-36(14-26(37,3)4)24(39)17-11-27(41,12-17)28(31,32)33;2*1-15(2)19-12-22(16-5-6-21(30)20(29)11-16)32-35-13-23(31-24(19)35)26(37)34-8-7-33(14-28(34,3)4)25(36)17-9-18(10-17)27(38)39/h5-6,9-10,13,15,17,41H,7-8,11-12,14H2,1-4H3;2*5-6,11-13,15,17-18H,7-10,14H2,1-4H3,(H,38,39). The average Bonchev–Trinajstić information content (AvgIpc) is 0.986. The Balaban J connectivity index is 0.000000155. The van der Waals surface area contributed by atoms with Gasteiger partial charge < -0.3 is 44.7 Å². The van der Waals surface area contributed by atoms with Gasteiger partial charge in [-0.25, -0.2) is 41.7 Å². The van der Waals surface area contributed by atoms with Crippen LogP contribution in [0.4, 0.5) is 26.3 Å². The Labute approximate surface area is 696 Å². The van der Waals surface area contributed by atoms with E-state index in [0.29, 0.717) is 116 Å². The number of rotatable bonds is 14. The zero-order valence-electron chi connectivity index (χ0n) is 67.6. The molecule has 9 heterocycles. The van der Waals surface area contributed by atoms with Crippen LogP contribution in [0.15, 0.2) is 91.4 Å². The zero-order chi connectivity index (χ0) is 86.5. The number of aliphatic hydroxyl groups is 1. The Morgan fingerprint density at radius 2 is 0.689 bits per heavy atom. The van der Waals surface area contributed by atoms with Crippen LogP contribution >= 0.6 is 34.8 Å². The number of carbonyl (C=O) groups excluding carboxylic acids is 6. The fourth-order valence-electron chi connectivity index (χ4n) is 16.5. The maximum atomic E-state index is 13.7. The summed E-state index contributed by atoms with van der Waals surface area (Å²) in [7, 11) is 0. The Hall–Kier alpha value is -10.3. The molecule has 119 heavy (non-hydrogen) atoms. The number of amides is 6. The zero-order valence-corrected chi connectivity index (χ0v) is 69.9. The number of benzene rings is 3. The largest absolute Gasteiger partial charge is 0.481 e. The number of fused-ring (bicyclic) bond motifs is 3. The van der Waals surface area contributed by atoms with Crippen LogP contribution in [-0.4, -0.2) is 223 Å². The number of hydrogen-bond donors (Lipinski definition) is 3. The Morgan fingerprint density at radius 1 is 0.420 bits per heavy atom. The van der Waals surface area contributed by atoms with Gasteiger partial charge in [0.15, 0.2) is 22.5 Å². The van der Waals surface area contributed by atoms with Gasteiger partial charge in [0.05, 0.1) is 79.2 Å². The molecule has 6 fully saturated rings. The second-order valence-electron chi connectivity index (χ2n) is 34.6. The highest BCUT2D eigenvalue weighted by atomic mass is 35.5. The molecule has 3 aromatic carbocycles. The number of hydrogen-bond acceptors (Lipinski definition) is 15. The lowest BCUT2D eigenvalue weighted by Crippen LogP contribution is -2.65. The van der Waals surface area contributed by atoms with E-state index in [1.54, 1.807) is 78.0 Å². The van der Waals surface area contributed by atoms with Crippen LogP contribution in [0.3, 0.4) is 0 Å². The molecule has 35 heteroatoms. The summed E-state index contributed by atoms with van der Waals surface area (Å²) in [4.78, 5) is 126. The third-order valence-corrected chi connectivity index (χ3v) is 24.5. The molecular formula is C84H92Cl3F6N15O11. The number of nitrogens with zero attached hydrogens (tertiary/aromatic N) is 15. The molecule has 6 aromatic heterocycles. The van der Waals surface area contributed by atoms with Crippen molar-refractivity contribution >= 4 is 99.1 Å². The van der Waals surface area contributed by atoms with Gasteiger partial charge in [-0.05, 0) is 171 Å².